The lowest BCUT2D eigenvalue weighted by molar-refractivity contribution is -0.135. The van der Waals surface area contributed by atoms with Gasteiger partial charge in [0.25, 0.3) is 0 Å². The molecule has 1 saturated heterocycles. The van der Waals surface area contributed by atoms with Crippen LogP contribution in [0, 0.1) is 5.92 Å². The number of aliphatic hydroxyl groups is 1. The zero-order valence-corrected chi connectivity index (χ0v) is 18.6. The maximum absolute atomic E-state index is 11.0. The fraction of sp³-hybridized carbons (Fsp3) is 0.640. The van der Waals surface area contributed by atoms with Gasteiger partial charge in [0.1, 0.15) is 0 Å². The summed E-state index contributed by atoms with van der Waals surface area (Å²) in [6.07, 6.45) is 15.7. The first kappa shape index (κ1) is 25.4. The number of aliphatic carboxylic acids is 1. The average molecular weight is 405 g/mol. The van der Waals surface area contributed by atoms with Crippen molar-refractivity contribution >= 4 is 5.97 Å². The lowest BCUT2D eigenvalue weighted by atomic mass is 9.90. The Balaban J connectivity index is 2.18. The first-order valence-corrected chi connectivity index (χ1v) is 10.9. The molecule has 4 heteroatoms. The van der Waals surface area contributed by atoms with Crippen molar-refractivity contribution in [2.24, 2.45) is 5.92 Å². The molecule has 0 aromatic heterocycles. The van der Waals surface area contributed by atoms with Gasteiger partial charge in [-0.05, 0) is 84.5 Å². The fourth-order valence-electron chi connectivity index (χ4n) is 3.67. The number of rotatable bonds is 13. The first-order chi connectivity index (χ1) is 13.8. The van der Waals surface area contributed by atoms with Crippen LogP contribution >= 0.6 is 0 Å². The molecule has 0 radical (unpaired) electrons. The second kappa shape index (κ2) is 14.4. The second-order valence-electron chi connectivity index (χ2n) is 8.40. The molecule has 1 aliphatic rings. The lowest BCUT2D eigenvalue weighted by Crippen LogP contribution is -2.29. The van der Waals surface area contributed by atoms with Crippen molar-refractivity contribution in [1.29, 1.82) is 0 Å². The molecule has 1 fully saturated rings. The Morgan fingerprint density at radius 2 is 1.59 bits per heavy atom. The minimum absolute atomic E-state index is 0.132. The Kier molecular flexibility index (Phi) is 12.6. The monoisotopic (exact) mass is 404 g/mol. The van der Waals surface area contributed by atoms with Crippen molar-refractivity contribution in [3.05, 3.63) is 47.1 Å². The molecule has 2 N–H and O–H groups in total. The summed E-state index contributed by atoms with van der Waals surface area (Å²) in [7, 11) is 0. The third-order valence-electron chi connectivity index (χ3n) is 5.72. The normalized spacial score (nSPS) is 21.3. The highest BCUT2D eigenvalue weighted by Gasteiger charge is 2.26. The third-order valence-corrected chi connectivity index (χ3v) is 5.72. The standard InChI is InChI=1S/C25H40O4/c1-19(10-6-11-21(3)16-17-26)8-5-9-20(2)12-7-13-23-14-15-24(29-18-23)22(4)25(27)28/h9-10,16,23-24,26H,4-8,11-15,17-18H2,1-3H3,(H,27,28). The van der Waals surface area contributed by atoms with E-state index in [1.165, 1.54) is 16.7 Å². The largest absolute Gasteiger partial charge is 0.478 e. The van der Waals surface area contributed by atoms with Gasteiger partial charge < -0.3 is 14.9 Å². The van der Waals surface area contributed by atoms with Gasteiger partial charge in [-0.3, -0.25) is 0 Å². The molecule has 1 heterocycles. The number of aliphatic hydroxyl groups excluding tert-OH is 1. The molecule has 2 atom stereocenters. The van der Waals surface area contributed by atoms with Gasteiger partial charge in [0.05, 0.1) is 24.9 Å². The molecule has 2 unspecified atom stereocenters. The van der Waals surface area contributed by atoms with Crippen LogP contribution in [-0.4, -0.2) is 35.5 Å². The van der Waals surface area contributed by atoms with Crippen LogP contribution in [0.25, 0.3) is 0 Å². The Labute approximate surface area is 177 Å². The van der Waals surface area contributed by atoms with Crippen molar-refractivity contribution in [3.8, 4) is 0 Å². The van der Waals surface area contributed by atoms with Crippen molar-refractivity contribution in [2.45, 2.75) is 84.7 Å². The van der Waals surface area contributed by atoms with E-state index in [0.717, 1.165) is 57.8 Å². The zero-order valence-electron chi connectivity index (χ0n) is 18.6. The average Bonchev–Trinajstić information content (AvgIpc) is 2.68. The first-order valence-electron chi connectivity index (χ1n) is 10.9. The number of hydrogen-bond acceptors (Lipinski definition) is 3. The summed E-state index contributed by atoms with van der Waals surface area (Å²) < 4.78 is 5.71. The Morgan fingerprint density at radius 3 is 2.10 bits per heavy atom. The van der Waals surface area contributed by atoms with Gasteiger partial charge in [0.15, 0.2) is 0 Å². The number of ether oxygens (including phenoxy) is 1. The second-order valence-corrected chi connectivity index (χ2v) is 8.40. The van der Waals surface area contributed by atoms with Crippen LogP contribution in [0.1, 0.15) is 78.6 Å². The molecule has 0 bridgehead atoms. The third kappa shape index (κ3) is 11.2. The highest BCUT2D eigenvalue weighted by atomic mass is 16.5. The van der Waals surface area contributed by atoms with E-state index in [-0.39, 0.29) is 18.3 Å². The molecule has 164 valence electrons. The summed E-state index contributed by atoms with van der Waals surface area (Å²) in [6.45, 7) is 10.9. The number of hydrogen-bond donors (Lipinski definition) is 2. The van der Waals surface area contributed by atoms with E-state index in [9.17, 15) is 4.79 Å². The van der Waals surface area contributed by atoms with E-state index in [4.69, 9.17) is 14.9 Å². The van der Waals surface area contributed by atoms with Crippen LogP contribution in [0.2, 0.25) is 0 Å². The van der Waals surface area contributed by atoms with Gasteiger partial charge >= 0.3 is 5.97 Å². The van der Waals surface area contributed by atoms with E-state index in [1.54, 1.807) is 0 Å². The van der Waals surface area contributed by atoms with Crippen LogP contribution in [0.3, 0.4) is 0 Å². The summed E-state index contributed by atoms with van der Waals surface area (Å²) in [5.41, 5.74) is 4.32. The Morgan fingerprint density at radius 1 is 1.00 bits per heavy atom. The maximum Gasteiger partial charge on any atom is 0.333 e. The number of carboxylic acid groups (broad SMARTS) is 1. The predicted octanol–water partition coefficient (Wildman–Crippen LogP) is 5.98. The SMILES string of the molecule is C=C(C(=O)O)C1CCC(CCCC(C)=CCCC(C)=CCCC(C)=CCO)CO1. The highest BCUT2D eigenvalue weighted by molar-refractivity contribution is 5.86. The van der Waals surface area contributed by atoms with Gasteiger partial charge in [0, 0.05) is 0 Å². The molecule has 4 nitrogen and oxygen atoms in total. The summed E-state index contributed by atoms with van der Waals surface area (Å²) in [6, 6.07) is 0. The topological polar surface area (TPSA) is 66.8 Å². The molecule has 0 aliphatic carbocycles. The van der Waals surface area contributed by atoms with Crippen molar-refractivity contribution < 1.29 is 19.7 Å². The van der Waals surface area contributed by atoms with Crippen molar-refractivity contribution in [1.82, 2.24) is 0 Å². The van der Waals surface area contributed by atoms with Crippen LogP contribution in [0.4, 0.5) is 0 Å². The number of carboxylic acids is 1. The Hall–Kier alpha value is -1.65. The van der Waals surface area contributed by atoms with Crippen LogP contribution in [-0.2, 0) is 9.53 Å². The molecular formula is C25H40O4. The zero-order chi connectivity index (χ0) is 21.6. The van der Waals surface area contributed by atoms with Gasteiger partial charge in [-0.25, -0.2) is 4.79 Å². The van der Waals surface area contributed by atoms with Gasteiger partial charge in [-0.15, -0.1) is 0 Å². The summed E-state index contributed by atoms with van der Waals surface area (Å²) in [5, 5.41) is 17.9. The van der Waals surface area contributed by atoms with E-state index in [1.807, 2.05) is 6.08 Å². The van der Waals surface area contributed by atoms with E-state index >= 15 is 0 Å². The van der Waals surface area contributed by atoms with E-state index < -0.39 is 5.97 Å². The fourth-order valence-corrected chi connectivity index (χ4v) is 3.67. The molecule has 0 saturated carbocycles. The molecule has 0 aromatic carbocycles. The van der Waals surface area contributed by atoms with E-state index in [2.05, 4.69) is 39.5 Å². The minimum atomic E-state index is -0.951. The molecular weight excluding hydrogens is 364 g/mol. The Bertz CT molecular complexity index is 604. The van der Waals surface area contributed by atoms with Crippen LogP contribution in [0.5, 0.6) is 0 Å². The summed E-state index contributed by atoms with van der Waals surface area (Å²) in [5.74, 6) is -0.415. The molecule has 0 spiro atoms. The van der Waals surface area contributed by atoms with Gasteiger partial charge in [0.2, 0.25) is 0 Å². The van der Waals surface area contributed by atoms with E-state index in [0.29, 0.717) is 12.5 Å². The summed E-state index contributed by atoms with van der Waals surface area (Å²) >= 11 is 0. The summed E-state index contributed by atoms with van der Waals surface area (Å²) in [4.78, 5) is 11.0. The quantitative estimate of drug-likeness (QED) is 0.292. The number of allylic oxidation sites excluding steroid dienone is 5. The minimum Gasteiger partial charge on any atom is -0.478 e. The molecule has 0 aromatic rings. The molecule has 29 heavy (non-hydrogen) atoms. The smallest absolute Gasteiger partial charge is 0.333 e. The molecule has 1 rings (SSSR count). The number of carbonyl (C=O) groups is 1. The van der Waals surface area contributed by atoms with Gasteiger partial charge in [-0.2, -0.15) is 0 Å². The highest BCUT2D eigenvalue weighted by Crippen LogP contribution is 2.27. The van der Waals surface area contributed by atoms with Gasteiger partial charge in [-0.1, -0.05) is 41.5 Å². The predicted molar refractivity (Wildman–Crippen MR) is 120 cm³/mol. The van der Waals surface area contributed by atoms with Crippen LogP contribution < -0.4 is 0 Å². The molecule has 1 aliphatic heterocycles. The van der Waals surface area contributed by atoms with Crippen molar-refractivity contribution in [3.63, 3.8) is 0 Å². The maximum atomic E-state index is 11.0. The molecule has 0 amide bonds. The van der Waals surface area contributed by atoms with Crippen molar-refractivity contribution in [2.75, 3.05) is 13.2 Å². The lowest BCUT2D eigenvalue weighted by Gasteiger charge is -2.29. The van der Waals surface area contributed by atoms with Crippen LogP contribution in [0.15, 0.2) is 47.1 Å².